The molecule has 3 nitrogen and oxygen atoms in total. The molecule has 0 aromatic carbocycles. The number of hydrogen-bond donors (Lipinski definition) is 1. The van der Waals surface area contributed by atoms with Crippen LogP contribution >= 0.6 is 0 Å². The van der Waals surface area contributed by atoms with Gasteiger partial charge in [-0.05, 0) is 46.8 Å². The Morgan fingerprint density at radius 3 is 2.43 bits per heavy atom. The average Bonchev–Trinajstić information content (AvgIpc) is 2.17. The Morgan fingerprint density at radius 1 is 1.36 bits per heavy atom. The van der Waals surface area contributed by atoms with E-state index in [2.05, 4.69) is 31.1 Å². The van der Waals surface area contributed by atoms with E-state index in [4.69, 9.17) is 4.74 Å². The minimum atomic E-state index is -0.0383. The van der Waals surface area contributed by atoms with Crippen LogP contribution in [0.4, 0.5) is 0 Å². The van der Waals surface area contributed by atoms with Gasteiger partial charge in [-0.1, -0.05) is 0 Å². The number of hydrogen-bond acceptors (Lipinski definition) is 3. The maximum Gasteiger partial charge on any atom is 0.0746 e. The summed E-state index contributed by atoms with van der Waals surface area (Å²) >= 11 is 0. The van der Waals surface area contributed by atoms with Crippen LogP contribution in [0.1, 0.15) is 26.7 Å². The van der Waals surface area contributed by atoms with Crippen molar-refractivity contribution < 1.29 is 4.74 Å². The van der Waals surface area contributed by atoms with Crippen molar-refractivity contribution in [1.29, 1.82) is 0 Å². The summed E-state index contributed by atoms with van der Waals surface area (Å²) in [6, 6.07) is 0.681. The SMILES string of the molecule is COC(C)(C)CNC1CCN(C)CC1. The number of nitrogens with one attached hydrogen (secondary N) is 1. The number of nitrogens with zero attached hydrogens (tertiary/aromatic N) is 1. The molecule has 0 amide bonds. The van der Waals surface area contributed by atoms with Crippen molar-refractivity contribution in [2.24, 2.45) is 0 Å². The Hall–Kier alpha value is -0.120. The fourth-order valence-corrected chi connectivity index (χ4v) is 1.68. The molecule has 0 atom stereocenters. The van der Waals surface area contributed by atoms with Gasteiger partial charge in [-0.25, -0.2) is 0 Å². The molecule has 3 heteroatoms. The molecule has 0 aromatic rings. The lowest BCUT2D eigenvalue weighted by molar-refractivity contribution is 0.0193. The molecular weight excluding hydrogens is 176 g/mol. The molecule has 0 aliphatic carbocycles. The summed E-state index contributed by atoms with van der Waals surface area (Å²) in [5.74, 6) is 0. The molecule has 1 N–H and O–H groups in total. The second kappa shape index (κ2) is 5.10. The molecule has 1 aliphatic rings. The number of rotatable bonds is 4. The Balaban J connectivity index is 2.19. The molecule has 0 bridgehead atoms. The van der Waals surface area contributed by atoms with E-state index in [-0.39, 0.29) is 5.60 Å². The van der Waals surface area contributed by atoms with E-state index < -0.39 is 0 Å². The van der Waals surface area contributed by atoms with Crippen LogP contribution in [0.5, 0.6) is 0 Å². The van der Waals surface area contributed by atoms with Crippen molar-refractivity contribution in [3.8, 4) is 0 Å². The molecule has 1 fully saturated rings. The summed E-state index contributed by atoms with van der Waals surface area (Å²) in [6.45, 7) is 7.61. The first kappa shape index (κ1) is 12.0. The monoisotopic (exact) mass is 200 g/mol. The lowest BCUT2D eigenvalue weighted by Gasteiger charge is -2.32. The predicted octanol–water partition coefficient (Wildman–Crippen LogP) is 1.10. The van der Waals surface area contributed by atoms with Crippen molar-refractivity contribution in [3.63, 3.8) is 0 Å². The summed E-state index contributed by atoms with van der Waals surface area (Å²) in [4.78, 5) is 2.39. The van der Waals surface area contributed by atoms with E-state index in [0.29, 0.717) is 6.04 Å². The topological polar surface area (TPSA) is 24.5 Å². The summed E-state index contributed by atoms with van der Waals surface area (Å²) < 4.78 is 5.38. The van der Waals surface area contributed by atoms with Gasteiger partial charge in [-0.2, -0.15) is 0 Å². The zero-order valence-corrected chi connectivity index (χ0v) is 9.97. The number of methoxy groups -OCH3 is 1. The second-order valence-electron chi connectivity index (χ2n) is 4.92. The summed E-state index contributed by atoms with van der Waals surface area (Å²) in [7, 11) is 3.96. The van der Waals surface area contributed by atoms with E-state index >= 15 is 0 Å². The van der Waals surface area contributed by atoms with Crippen LogP contribution < -0.4 is 5.32 Å². The van der Waals surface area contributed by atoms with Crippen molar-refractivity contribution >= 4 is 0 Å². The molecule has 0 spiro atoms. The lowest BCUT2D eigenvalue weighted by Crippen LogP contribution is -2.46. The molecule has 14 heavy (non-hydrogen) atoms. The molecule has 1 rings (SSSR count). The molecule has 1 heterocycles. The number of piperidine rings is 1. The predicted molar refractivity (Wildman–Crippen MR) is 59.6 cm³/mol. The molecule has 0 radical (unpaired) electrons. The van der Waals surface area contributed by atoms with Crippen LogP contribution in [-0.4, -0.2) is 50.3 Å². The smallest absolute Gasteiger partial charge is 0.0746 e. The van der Waals surface area contributed by atoms with Gasteiger partial charge in [0.15, 0.2) is 0 Å². The van der Waals surface area contributed by atoms with E-state index in [1.54, 1.807) is 7.11 Å². The van der Waals surface area contributed by atoms with E-state index in [9.17, 15) is 0 Å². The second-order valence-corrected chi connectivity index (χ2v) is 4.92. The Bertz CT molecular complexity index is 163. The van der Waals surface area contributed by atoms with Crippen molar-refractivity contribution in [2.75, 3.05) is 33.8 Å². The van der Waals surface area contributed by atoms with Crippen LogP contribution in [0.2, 0.25) is 0 Å². The van der Waals surface area contributed by atoms with E-state index in [0.717, 1.165) is 6.54 Å². The Kier molecular flexibility index (Phi) is 4.35. The fraction of sp³-hybridized carbons (Fsp3) is 1.00. The minimum absolute atomic E-state index is 0.0383. The third kappa shape index (κ3) is 3.95. The van der Waals surface area contributed by atoms with Gasteiger partial charge in [0.2, 0.25) is 0 Å². The molecule has 0 aromatic heterocycles. The van der Waals surface area contributed by atoms with Crippen molar-refractivity contribution in [1.82, 2.24) is 10.2 Å². The van der Waals surface area contributed by atoms with Gasteiger partial charge < -0.3 is 15.0 Å². The highest BCUT2D eigenvalue weighted by molar-refractivity contribution is 4.79. The number of likely N-dealkylation sites (tertiary alicyclic amines) is 1. The largest absolute Gasteiger partial charge is 0.377 e. The van der Waals surface area contributed by atoms with Gasteiger partial charge in [0, 0.05) is 19.7 Å². The molecule has 1 aliphatic heterocycles. The third-order valence-electron chi connectivity index (χ3n) is 3.09. The summed E-state index contributed by atoms with van der Waals surface area (Å²) in [6.07, 6.45) is 2.52. The van der Waals surface area contributed by atoms with E-state index in [1.807, 2.05) is 0 Å². The standard InChI is InChI=1S/C11H24N2O/c1-11(2,14-4)9-12-10-5-7-13(3)8-6-10/h10,12H,5-9H2,1-4H3. The average molecular weight is 200 g/mol. The minimum Gasteiger partial charge on any atom is -0.377 e. The normalized spacial score (nSPS) is 21.4. The van der Waals surface area contributed by atoms with Gasteiger partial charge in [0.25, 0.3) is 0 Å². The lowest BCUT2D eigenvalue weighted by atomic mass is 10.0. The Morgan fingerprint density at radius 2 is 1.93 bits per heavy atom. The van der Waals surface area contributed by atoms with Crippen LogP contribution in [0.25, 0.3) is 0 Å². The van der Waals surface area contributed by atoms with Gasteiger partial charge in [-0.3, -0.25) is 0 Å². The first-order valence-corrected chi connectivity index (χ1v) is 5.50. The van der Waals surface area contributed by atoms with Crippen LogP contribution in [0.15, 0.2) is 0 Å². The summed E-state index contributed by atoms with van der Waals surface area (Å²) in [5, 5.41) is 3.58. The highest BCUT2D eigenvalue weighted by Crippen LogP contribution is 2.11. The van der Waals surface area contributed by atoms with Crippen LogP contribution in [-0.2, 0) is 4.74 Å². The highest BCUT2D eigenvalue weighted by Gasteiger charge is 2.20. The first-order chi connectivity index (χ1) is 6.53. The van der Waals surface area contributed by atoms with Gasteiger partial charge in [-0.15, -0.1) is 0 Å². The maximum absolute atomic E-state index is 5.38. The molecule has 0 unspecified atom stereocenters. The van der Waals surface area contributed by atoms with Gasteiger partial charge in [0.05, 0.1) is 5.60 Å². The number of ether oxygens (including phenoxy) is 1. The first-order valence-electron chi connectivity index (χ1n) is 5.50. The third-order valence-corrected chi connectivity index (χ3v) is 3.09. The maximum atomic E-state index is 5.38. The van der Waals surface area contributed by atoms with Crippen LogP contribution in [0, 0.1) is 0 Å². The van der Waals surface area contributed by atoms with Crippen LogP contribution in [0.3, 0.4) is 0 Å². The molecule has 1 saturated heterocycles. The van der Waals surface area contributed by atoms with Crippen molar-refractivity contribution in [2.45, 2.75) is 38.3 Å². The van der Waals surface area contributed by atoms with Gasteiger partial charge >= 0.3 is 0 Å². The van der Waals surface area contributed by atoms with Crippen molar-refractivity contribution in [3.05, 3.63) is 0 Å². The highest BCUT2D eigenvalue weighted by atomic mass is 16.5. The quantitative estimate of drug-likeness (QED) is 0.735. The zero-order chi connectivity index (χ0) is 10.6. The Labute approximate surface area is 87.8 Å². The van der Waals surface area contributed by atoms with Gasteiger partial charge in [0.1, 0.15) is 0 Å². The zero-order valence-electron chi connectivity index (χ0n) is 9.97. The fourth-order valence-electron chi connectivity index (χ4n) is 1.68. The molecular formula is C11H24N2O. The molecule has 84 valence electrons. The van der Waals surface area contributed by atoms with E-state index in [1.165, 1.54) is 25.9 Å². The molecule has 0 saturated carbocycles. The summed E-state index contributed by atoms with van der Waals surface area (Å²) in [5.41, 5.74) is -0.0383.